The molecule has 0 spiro atoms. The number of carbonyl (C=O) groups is 2. The summed E-state index contributed by atoms with van der Waals surface area (Å²) in [6.45, 7) is 8.63. The van der Waals surface area contributed by atoms with E-state index in [0.717, 1.165) is 45.2 Å². The van der Waals surface area contributed by atoms with Gasteiger partial charge in [0, 0.05) is 37.6 Å². The number of rotatable bonds is 5. The van der Waals surface area contributed by atoms with Gasteiger partial charge in [-0.1, -0.05) is 23.7 Å². The summed E-state index contributed by atoms with van der Waals surface area (Å²) in [7, 11) is 0. The Morgan fingerprint density at radius 2 is 1.83 bits per heavy atom. The summed E-state index contributed by atoms with van der Waals surface area (Å²) in [4.78, 5) is 28.3. The minimum Gasteiger partial charge on any atom is -0.444 e. The van der Waals surface area contributed by atoms with Gasteiger partial charge in [-0.25, -0.2) is 4.79 Å². The Bertz CT molecular complexity index is 807. The summed E-state index contributed by atoms with van der Waals surface area (Å²) < 4.78 is 5.48. The molecule has 2 heterocycles. The van der Waals surface area contributed by atoms with Crippen molar-refractivity contribution in [1.82, 2.24) is 9.80 Å². The molecule has 1 fully saturated rings. The topological polar surface area (TPSA) is 49.9 Å². The number of aryl methyl sites for hydroxylation is 1. The molecule has 6 heteroatoms. The van der Waals surface area contributed by atoms with Gasteiger partial charge in [-0.2, -0.15) is 0 Å². The molecular formula is C24H33ClN2O3. The lowest BCUT2D eigenvalue weighted by atomic mass is 9.92. The minimum absolute atomic E-state index is 0.265. The first-order chi connectivity index (χ1) is 14.2. The molecule has 2 aliphatic heterocycles. The van der Waals surface area contributed by atoms with Crippen LogP contribution in [0.4, 0.5) is 4.79 Å². The van der Waals surface area contributed by atoms with Crippen LogP contribution >= 0.6 is 11.6 Å². The van der Waals surface area contributed by atoms with Crippen molar-refractivity contribution in [2.75, 3.05) is 26.2 Å². The summed E-state index contributed by atoms with van der Waals surface area (Å²) >= 11 is 6.26. The highest BCUT2D eigenvalue weighted by atomic mass is 35.5. The predicted molar refractivity (Wildman–Crippen MR) is 121 cm³/mol. The van der Waals surface area contributed by atoms with Crippen LogP contribution in [-0.4, -0.2) is 53.6 Å². The van der Waals surface area contributed by atoms with Crippen LogP contribution in [0.25, 0.3) is 5.57 Å². The molecule has 0 unspecified atom stereocenters. The highest BCUT2D eigenvalue weighted by molar-refractivity contribution is 6.30. The second kappa shape index (κ2) is 9.86. The molecular weight excluding hydrogens is 400 g/mol. The molecule has 0 saturated carbocycles. The normalized spacial score (nSPS) is 17.1. The van der Waals surface area contributed by atoms with E-state index in [1.807, 2.05) is 37.8 Å². The number of ether oxygens (including phenoxy) is 1. The smallest absolute Gasteiger partial charge is 0.410 e. The fraction of sp³-hybridized carbons (Fsp3) is 0.583. The zero-order valence-electron chi connectivity index (χ0n) is 18.4. The number of likely N-dealkylation sites (tertiary alicyclic amines) is 1. The molecule has 1 aromatic rings. The van der Waals surface area contributed by atoms with Crippen molar-refractivity contribution in [2.24, 2.45) is 0 Å². The summed E-state index contributed by atoms with van der Waals surface area (Å²) in [6.07, 6.45) is 7.09. The van der Waals surface area contributed by atoms with Crippen molar-refractivity contribution >= 4 is 29.2 Å². The maximum Gasteiger partial charge on any atom is 0.410 e. The van der Waals surface area contributed by atoms with Crippen molar-refractivity contribution in [2.45, 2.75) is 64.9 Å². The molecule has 30 heavy (non-hydrogen) atoms. The molecule has 1 saturated heterocycles. The summed E-state index contributed by atoms with van der Waals surface area (Å²) in [6, 6.07) is 5.99. The molecule has 0 bridgehead atoms. The third-order valence-corrected chi connectivity index (χ3v) is 5.80. The third kappa shape index (κ3) is 6.24. The maximum atomic E-state index is 12.3. The number of hydrogen-bond acceptors (Lipinski definition) is 3. The lowest BCUT2D eigenvalue weighted by molar-refractivity contribution is -0.130. The van der Waals surface area contributed by atoms with Crippen molar-refractivity contribution in [3.8, 4) is 0 Å². The fourth-order valence-corrected chi connectivity index (χ4v) is 4.24. The molecule has 0 aromatic heterocycles. The number of amides is 2. The third-order valence-electron chi connectivity index (χ3n) is 5.57. The van der Waals surface area contributed by atoms with E-state index in [1.165, 1.54) is 16.7 Å². The number of nitrogens with zero attached hydrogens (tertiary/aromatic N) is 2. The van der Waals surface area contributed by atoms with Crippen molar-refractivity contribution in [3.63, 3.8) is 0 Å². The van der Waals surface area contributed by atoms with Crippen LogP contribution in [0, 0.1) is 0 Å². The Labute approximate surface area is 185 Å². The monoisotopic (exact) mass is 432 g/mol. The number of carbonyl (C=O) groups excluding carboxylic acids is 2. The first-order valence-corrected chi connectivity index (χ1v) is 11.3. The Kier molecular flexibility index (Phi) is 7.45. The number of halogens is 1. The molecule has 164 valence electrons. The van der Waals surface area contributed by atoms with E-state index in [0.29, 0.717) is 24.5 Å². The maximum absolute atomic E-state index is 12.3. The van der Waals surface area contributed by atoms with Gasteiger partial charge in [-0.3, -0.25) is 4.79 Å². The molecule has 5 nitrogen and oxygen atoms in total. The van der Waals surface area contributed by atoms with E-state index >= 15 is 0 Å². The zero-order chi connectivity index (χ0) is 21.7. The predicted octanol–water partition coefficient (Wildman–Crippen LogP) is 5.31. The Hall–Kier alpha value is -2.01. The highest BCUT2D eigenvalue weighted by Crippen LogP contribution is 2.29. The van der Waals surface area contributed by atoms with Gasteiger partial charge < -0.3 is 14.5 Å². The first kappa shape index (κ1) is 22.7. The van der Waals surface area contributed by atoms with E-state index in [-0.39, 0.29) is 12.0 Å². The Balaban J connectivity index is 1.62. The molecule has 1 aromatic carbocycles. The standard InChI is InChI=1S/C24H33ClN2O3/c1-24(2,3)30-23(29)27-15-11-18(12-16-27)21-10-9-20(25)17-19(21)7-6-8-22(28)26-13-4-5-14-26/h9-11,17H,4-8,12-16H2,1-3H3. The lowest BCUT2D eigenvalue weighted by Crippen LogP contribution is -2.39. The Morgan fingerprint density at radius 1 is 1.10 bits per heavy atom. The lowest BCUT2D eigenvalue weighted by Gasteiger charge is -2.30. The first-order valence-electron chi connectivity index (χ1n) is 11.0. The van der Waals surface area contributed by atoms with E-state index < -0.39 is 5.60 Å². The fourth-order valence-electron chi connectivity index (χ4n) is 4.04. The average molecular weight is 433 g/mol. The molecule has 3 rings (SSSR count). The van der Waals surface area contributed by atoms with Gasteiger partial charge in [-0.05, 0) is 81.7 Å². The van der Waals surface area contributed by atoms with Gasteiger partial charge in [0.25, 0.3) is 0 Å². The largest absolute Gasteiger partial charge is 0.444 e. The van der Waals surface area contributed by atoms with Crippen LogP contribution < -0.4 is 0 Å². The van der Waals surface area contributed by atoms with Gasteiger partial charge in [0.15, 0.2) is 0 Å². The number of hydrogen-bond donors (Lipinski definition) is 0. The van der Waals surface area contributed by atoms with Crippen LogP contribution in [0.5, 0.6) is 0 Å². The summed E-state index contributed by atoms with van der Waals surface area (Å²) in [5, 5.41) is 0.714. The van der Waals surface area contributed by atoms with Crippen molar-refractivity contribution < 1.29 is 14.3 Å². The molecule has 2 amide bonds. The van der Waals surface area contributed by atoms with Gasteiger partial charge in [0.1, 0.15) is 5.60 Å². The van der Waals surface area contributed by atoms with E-state index in [4.69, 9.17) is 16.3 Å². The molecule has 2 aliphatic rings. The SMILES string of the molecule is CC(C)(C)OC(=O)N1CC=C(c2ccc(Cl)cc2CCCC(=O)N2CCCC2)CC1. The van der Waals surface area contributed by atoms with Gasteiger partial charge >= 0.3 is 6.09 Å². The Morgan fingerprint density at radius 3 is 2.47 bits per heavy atom. The van der Waals surface area contributed by atoms with E-state index in [2.05, 4.69) is 12.1 Å². The van der Waals surface area contributed by atoms with Crippen LogP contribution in [0.15, 0.2) is 24.3 Å². The van der Waals surface area contributed by atoms with Crippen LogP contribution in [-0.2, 0) is 16.0 Å². The van der Waals surface area contributed by atoms with Crippen molar-refractivity contribution in [1.29, 1.82) is 0 Å². The second-order valence-corrected chi connectivity index (χ2v) is 9.59. The van der Waals surface area contributed by atoms with Gasteiger partial charge in [-0.15, -0.1) is 0 Å². The van der Waals surface area contributed by atoms with Gasteiger partial charge in [0.2, 0.25) is 5.91 Å². The average Bonchev–Trinajstić information content (AvgIpc) is 3.22. The van der Waals surface area contributed by atoms with E-state index in [9.17, 15) is 9.59 Å². The van der Waals surface area contributed by atoms with Crippen LogP contribution in [0.1, 0.15) is 64.0 Å². The molecule has 0 atom stereocenters. The molecule has 0 aliphatic carbocycles. The second-order valence-electron chi connectivity index (χ2n) is 9.15. The van der Waals surface area contributed by atoms with E-state index in [1.54, 1.807) is 4.90 Å². The van der Waals surface area contributed by atoms with Gasteiger partial charge in [0.05, 0.1) is 0 Å². The number of benzene rings is 1. The van der Waals surface area contributed by atoms with Crippen LogP contribution in [0.3, 0.4) is 0 Å². The quantitative estimate of drug-likeness (QED) is 0.633. The molecule has 0 N–H and O–H groups in total. The van der Waals surface area contributed by atoms with Crippen molar-refractivity contribution in [3.05, 3.63) is 40.4 Å². The minimum atomic E-state index is -0.489. The summed E-state index contributed by atoms with van der Waals surface area (Å²) in [5.74, 6) is 0.265. The zero-order valence-corrected chi connectivity index (χ0v) is 19.1. The highest BCUT2D eigenvalue weighted by Gasteiger charge is 2.24. The molecule has 0 radical (unpaired) electrons. The van der Waals surface area contributed by atoms with Crippen LogP contribution in [0.2, 0.25) is 5.02 Å². The summed E-state index contributed by atoms with van der Waals surface area (Å²) in [5.41, 5.74) is 3.09.